The molecule has 5 nitrogen and oxygen atoms in total. The van der Waals surface area contributed by atoms with Crippen molar-refractivity contribution in [2.75, 3.05) is 39.3 Å². The summed E-state index contributed by atoms with van der Waals surface area (Å²) >= 11 is 0. The molecular weight excluding hydrogens is 352 g/mol. The van der Waals surface area contributed by atoms with Gasteiger partial charge in [0.1, 0.15) is 5.75 Å². The normalized spacial score (nSPS) is 22.2. The molecule has 1 amide bonds. The molecule has 0 aromatic heterocycles. The summed E-state index contributed by atoms with van der Waals surface area (Å²) in [5, 5.41) is 0. The molecule has 1 atom stereocenters. The van der Waals surface area contributed by atoms with Crippen molar-refractivity contribution in [3.05, 3.63) is 29.8 Å². The number of ether oxygens (including phenoxy) is 1. The van der Waals surface area contributed by atoms with Crippen LogP contribution >= 0.6 is 0 Å². The van der Waals surface area contributed by atoms with Gasteiger partial charge in [-0.15, -0.1) is 0 Å². The predicted octanol–water partition coefficient (Wildman–Crippen LogP) is 2.81. The standard InChI is InChI=1S/C20H29F2N3O2/c1-16-4-2-3-9-25(16)19(26)15-24-12-10-23(11-13-24)14-17-5-7-18(8-6-17)27-20(21)22/h5-8,16,20H,2-4,9-15H2,1H3. The van der Waals surface area contributed by atoms with Crippen molar-refractivity contribution < 1.29 is 18.3 Å². The fourth-order valence-corrected chi connectivity index (χ4v) is 3.89. The summed E-state index contributed by atoms with van der Waals surface area (Å²) in [7, 11) is 0. The van der Waals surface area contributed by atoms with Gasteiger partial charge in [0.05, 0.1) is 6.54 Å². The molecule has 0 spiro atoms. The number of alkyl halides is 2. The average Bonchev–Trinajstić information content (AvgIpc) is 2.65. The fraction of sp³-hybridized carbons (Fsp3) is 0.650. The molecule has 1 aromatic rings. The zero-order chi connectivity index (χ0) is 19.2. The number of hydrogen-bond donors (Lipinski definition) is 0. The highest BCUT2D eigenvalue weighted by Crippen LogP contribution is 2.18. The molecule has 2 heterocycles. The summed E-state index contributed by atoms with van der Waals surface area (Å²) in [5.74, 6) is 0.439. The van der Waals surface area contributed by atoms with Gasteiger partial charge < -0.3 is 9.64 Å². The largest absolute Gasteiger partial charge is 0.435 e. The van der Waals surface area contributed by atoms with Gasteiger partial charge in [0.25, 0.3) is 0 Å². The third-order valence-corrected chi connectivity index (χ3v) is 5.50. The Morgan fingerprint density at radius 2 is 1.74 bits per heavy atom. The maximum Gasteiger partial charge on any atom is 0.387 e. The maximum atomic E-state index is 12.6. The summed E-state index contributed by atoms with van der Waals surface area (Å²) in [5.41, 5.74) is 1.07. The van der Waals surface area contributed by atoms with E-state index in [0.29, 0.717) is 12.6 Å². The average molecular weight is 381 g/mol. The second-order valence-corrected chi connectivity index (χ2v) is 7.51. The molecule has 1 unspecified atom stereocenters. The van der Waals surface area contributed by atoms with Crippen LogP contribution in [0.2, 0.25) is 0 Å². The number of carbonyl (C=O) groups excluding carboxylic acids is 1. The van der Waals surface area contributed by atoms with Crippen LogP contribution in [-0.2, 0) is 11.3 Å². The Morgan fingerprint density at radius 1 is 1.07 bits per heavy atom. The zero-order valence-corrected chi connectivity index (χ0v) is 15.9. The first kappa shape index (κ1) is 20.0. The van der Waals surface area contributed by atoms with E-state index in [1.807, 2.05) is 17.0 Å². The van der Waals surface area contributed by atoms with Gasteiger partial charge in [0.2, 0.25) is 5.91 Å². The third kappa shape index (κ3) is 5.87. The third-order valence-electron chi connectivity index (χ3n) is 5.50. The fourth-order valence-electron chi connectivity index (χ4n) is 3.89. The maximum absolute atomic E-state index is 12.6. The predicted molar refractivity (Wildman–Crippen MR) is 99.8 cm³/mol. The van der Waals surface area contributed by atoms with E-state index < -0.39 is 6.61 Å². The number of hydrogen-bond acceptors (Lipinski definition) is 4. The van der Waals surface area contributed by atoms with Crippen LogP contribution in [0.4, 0.5) is 8.78 Å². The lowest BCUT2D eigenvalue weighted by Crippen LogP contribution is -2.51. The number of halogens is 2. The molecular formula is C20H29F2N3O2. The molecule has 0 N–H and O–H groups in total. The summed E-state index contributed by atoms with van der Waals surface area (Å²) in [6, 6.07) is 7.17. The van der Waals surface area contributed by atoms with Crippen molar-refractivity contribution in [2.24, 2.45) is 0 Å². The zero-order valence-electron chi connectivity index (χ0n) is 15.9. The van der Waals surface area contributed by atoms with E-state index in [1.54, 1.807) is 12.1 Å². The van der Waals surface area contributed by atoms with Crippen LogP contribution in [0, 0.1) is 0 Å². The highest BCUT2D eigenvalue weighted by Gasteiger charge is 2.26. The van der Waals surface area contributed by atoms with E-state index in [1.165, 1.54) is 6.42 Å². The van der Waals surface area contributed by atoms with E-state index in [0.717, 1.165) is 57.7 Å². The van der Waals surface area contributed by atoms with Gasteiger partial charge in [-0.05, 0) is 43.9 Å². The molecule has 2 saturated heterocycles. The van der Waals surface area contributed by atoms with Crippen LogP contribution in [0.15, 0.2) is 24.3 Å². The number of nitrogens with zero attached hydrogens (tertiary/aromatic N) is 3. The molecule has 7 heteroatoms. The molecule has 2 fully saturated rings. The van der Waals surface area contributed by atoms with Crippen molar-refractivity contribution in [2.45, 2.75) is 45.4 Å². The molecule has 0 radical (unpaired) electrons. The van der Waals surface area contributed by atoms with E-state index >= 15 is 0 Å². The van der Waals surface area contributed by atoms with Crippen molar-refractivity contribution in [1.29, 1.82) is 0 Å². The van der Waals surface area contributed by atoms with Gasteiger partial charge in [0, 0.05) is 45.3 Å². The van der Waals surface area contributed by atoms with E-state index in [9.17, 15) is 13.6 Å². The lowest BCUT2D eigenvalue weighted by Gasteiger charge is -2.38. The van der Waals surface area contributed by atoms with Crippen LogP contribution in [0.1, 0.15) is 31.7 Å². The van der Waals surface area contributed by atoms with Crippen LogP contribution in [0.5, 0.6) is 5.75 Å². The first-order valence-electron chi connectivity index (χ1n) is 9.79. The number of likely N-dealkylation sites (tertiary alicyclic amines) is 1. The van der Waals surface area contributed by atoms with Gasteiger partial charge in [-0.25, -0.2) is 0 Å². The van der Waals surface area contributed by atoms with Crippen LogP contribution in [-0.4, -0.2) is 72.5 Å². The van der Waals surface area contributed by atoms with E-state index in [2.05, 4.69) is 21.5 Å². The molecule has 1 aromatic carbocycles. The topological polar surface area (TPSA) is 36.0 Å². The Kier molecular flexibility index (Phi) is 7.01. The van der Waals surface area contributed by atoms with Crippen LogP contribution in [0.3, 0.4) is 0 Å². The number of piperidine rings is 1. The Hall–Kier alpha value is -1.73. The van der Waals surface area contributed by atoms with Crippen molar-refractivity contribution in [1.82, 2.24) is 14.7 Å². The number of benzene rings is 1. The Bertz CT molecular complexity index is 604. The molecule has 2 aliphatic rings. The molecule has 2 aliphatic heterocycles. The van der Waals surface area contributed by atoms with Gasteiger partial charge in [-0.3, -0.25) is 14.6 Å². The molecule has 0 bridgehead atoms. The van der Waals surface area contributed by atoms with E-state index in [4.69, 9.17) is 0 Å². The summed E-state index contributed by atoms with van der Waals surface area (Å²) in [6.45, 7) is 5.09. The highest BCUT2D eigenvalue weighted by molar-refractivity contribution is 5.78. The molecule has 3 rings (SSSR count). The Morgan fingerprint density at radius 3 is 2.37 bits per heavy atom. The number of amides is 1. The highest BCUT2D eigenvalue weighted by atomic mass is 19.3. The molecule has 150 valence electrons. The monoisotopic (exact) mass is 381 g/mol. The minimum Gasteiger partial charge on any atom is -0.435 e. The smallest absolute Gasteiger partial charge is 0.387 e. The SMILES string of the molecule is CC1CCCCN1C(=O)CN1CCN(Cc2ccc(OC(F)F)cc2)CC1. The number of rotatable bonds is 6. The number of piperazine rings is 1. The van der Waals surface area contributed by atoms with Gasteiger partial charge >= 0.3 is 6.61 Å². The van der Waals surface area contributed by atoms with Gasteiger partial charge in [-0.1, -0.05) is 12.1 Å². The summed E-state index contributed by atoms with van der Waals surface area (Å²) < 4.78 is 28.8. The minimum atomic E-state index is -2.79. The van der Waals surface area contributed by atoms with Gasteiger partial charge in [0.15, 0.2) is 0 Å². The second-order valence-electron chi connectivity index (χ2n) is 7.51. The Balaban J connectivity index is 1.41. The number of carbonyl (C=O) groups is 1. The molecule has 0 aliphatic carbocycles. The lowest BCUT2D eigenvalue weighted by molar-refractivity contribution is -0.136. The summed E-state index contributed by atoms with van der Waals surface area (Å²) in [4.78, 5) is 19.2. The van der Waals surface area contributed by atoms with Gasteiger partial charge in [-0.2, -0.15) is 8.78 Å². The first-order chi connectivity index (χ1) is 13.0. The minimum absolute atomic E-state index is 0.184. The molecule has 27 heavy (non-hydrogen) atoms. The van der Waals surface area contributed by atoms with Crippen molar-refractivity contribution in [3.8, 4) is 5.75 Å². The first-order valence-corrected chi connectivity index (χ1v) is 9.79. The van der Waals surface area contributed by atoms with E-state index in [-0.39, 0.29) is 11.7 Å². The van der Waals surface area contributed by atoms with Crippen LogP contribution in [0.25, 0.3) is 0 Å². The quantitative estimate of drug-likeness (QED) is 0.759. The van der Waals surface area contributed by atoms with Crippen molar-refractivity contribution >= 4 is 5.91 Å². The lowest BCUT2D eigenvalue weighted by atomic mass is 10.0. The Labute approximate surface area is 159 Å². The molecule has 0 saturated carbocycles. The second kappa shape index (κ2) is 9.46. The van der Waals surface area contributed by atoms with Crippen molar-refractivity contribution in [3.63, 3.8) is 0 Å². The summed E-state index contributed by atoms with van der Waals surface area (Å²) in [6.07, 6.45) is 3.45. The van der Waals surface area contributed by atoms with Crippen LogP contribution < -0.4 is 4.74 Å².